The van der Waals surface area contributed by atoms with Gasteiger partial charge in [0.15, 0.2) is 0 Å². The molecule has 1 amide bonds. The largest absolute Gasteiger partial charge is 0.379 e. The van der Waals surface area contributed by atoms with Crippen LogP contribution < -0.4 is 0 Å². The number of likely N-dealkylation sites (tertiary alicyclic amines) is 1. The molecule has 0 radical (unpaired) electrons. The molecule has 0 spiro atoms. The van der Waals surface area contributed by atoms with Crippen LogP contribution in [0.3, 0.4) is 0 Å². The standard InChI is InChI=1S/C18H27N3O3/c1-19-6-2-5-15(19)18(22)21-12-14-4-3-9-24-17(14)16(13-21)20-7-10-23-11-8-20/h2,5-6,14,16-17H,3-4,7-13H2,1H3/t14-,16+,17-/m0/s1. The number of piperidine rings is 1. The number of nitrogens with zero attached hydrogens (tertiary/aromatic N) is 3. The maximum absolute atomic E-state index is 13.0. The number of morpholine rings is 1. The molecule has 3 atom stereocenters. The average Bonchev–Trinajstić information content (AvgIpc) is 3.07. The van der Waals surface area contributed by atoms with Crippen LogP contribution >= 0.6 is 0 Å². The Balaban J connectivity index is 1.55. The second-order valence-electron chi connectivity index (χ2n) is 7.17. The van der Waals surface area contributed by atoms with E-state index in [-0.39, 0.29) is 18.1 Å². The van der Waals surface area contributed by atoms with Gasteiger partial charge in [-0.3, -0.25) is 9.69 Å². The maximum Gasteiger partial charge on any atom is 0.270 e. The van der Waals surface area contributed by atoms with Crippen LogP contribution in [0.25, 0.3) is 0 Å². The molecule has 4 rings (SSSR count). The van der Waals surface area contributed by atoms with E-state index in [1.165, 1.54) is 0 Å². The number of amides is 1. The number of carbonyl (C=O) groups excluding carboxylic acids is 1. The van der Waals surface area contributed by atoms with Gasteiger partial charge in [0.2, 0.25) is 0 Å². The molecule has 0 aliphatic carbocycles. The Hall–Kier alpha value is -1.37. The quantitative estimate of drug-likeness (QED) is 0.809. The Bertz CT molecular complexity index is 582. The van der Waals surface area contributed by atoms with E-state index in [2.05, 4.69) is 4.90 Å². The van der Waals surface area contributed by atoms with Crippen molar-refractivity contribution in [3.8, 4) is 0 Å². The molecular formula is C18H27N3O3. The molecule has 132 valence electrons. The van der Waals surface area contributed by atoms with Gasteiger partial charge < -0.3 is 18.9 Å². The van der Waals surface area contributed by atoms with Gasteiger partial charge in [0.1, 0.15) is 5.69 Å². The summed E-state index contributed by atoms with van der Waals surface area (Å²) in [5.74, 6) is 0.592. The van der Waals surface area contributed by atoms with Crippen LogP contribution in [0.2, 0.25) is 0 Å². The predicted molar refractivity (Wildman–Crippen MR) is 90.0 cm³/mol. The molecule has 6 heteroatoms. The lowest BCUT2D eigenvalue weighted by Crippen LogP contribution is -2.63. The molecule has 3 aliphatic rings. The minimum absolute atomic E-state index is 0.143. The van der Waals surface area contributed by atoms with E-state index in [0.717, 1.165) is 64.5 Å². The molecule has 1 aromatic heterocycles. The van der Waals surface area contributed by atoms with Crippen LogP contribution in [-0.2, 0) is 16.5 Å². The highest BCUT2D eigenvalue weighted by molar-refractivity contribution is 5.92. The van der Waals surface area contributed by atoms with Crippen molar-refractivity contribution in [1.82, 2.24) is 14.4 Å². The minimum Gasteiger partial charge on any atom is -0.379 e. The van der Waals surface area contributed by atoms with Crippen LogP contribution in [0.1, 0.15) is 23.3 Å². The van der Waals surface area contributed by atoms with Gasteiger partial charge in [-0.15, -0.1) is 0 Å². The predicted octanol–water partition coefficient (Wildman–Crippen LogP) is 0.977. The molecule has 24 heavy (non-hydrogen) atoms. The van der Waals surface area contributed by atoms with Gasteiger partial charge >= 0.3 is 0 Å². The molecule has 0 N–H and O–H groups in total. The third-order valence-electron chi connectivity index (χ3n) is 5.70. The number of ether oxygens (including phenoxy) is 2. The van der Waals surface area contributed by atoms with Crippen molar-refractivity contribution in [1.29, 1.82) is 0 Å². The molecule has 3 saturated heterocycles. The second-order valence-corrected chi connectivity index (χ2v) is 7.17. The van der Waals surface area contributed by atoms with Crippen LogP contribution in [-0.4, -0.2) is 78.4 Å². The maximum atomic E-state index is 13.0. The summed E-state index contributed by atoms with van der Waals surface area (Å²) in [5, 5.41) is 0. The van der Waals surface area contributed by atoms with E-state index >= 15 is 0 Å². The number of hydrogen-bond acceptors (Lipinski definition) is 4. The van der Waals surface area contributed by atoms with Crippen molar-refractivity contribution >= 4 is 5.91 Å². The highest BCUT2D eigenvalue weighted by Crippen LogP contribution is 2.32. The average molecular weight is 333 g/mol. The van der Waals surface area contributed by atoms with E-state index in [9.17, 15) is 4.79 Å². The highest BCUT2D eigenvalue weighted by atomic mass is 16.5. The summed E-state index contributed by atoms with van der Waals surface area (Å²) in [6, 6.07) is 4.13. The Morgan fingerprint density at radius 1 is 1.21 bits per heavy atom. The van der Waals surface area contributed by atoms with Gasteiger partial charge in [0, 0.05) is 51.9 Å². The van der Waals surface area contributed by atoms with Gasteiger partial charge in [0.25, 0.3) is 5.91 Å². The Morgan fingerprint density at radius 2 is 2.04 bits per heavy atom. The van der Waals surface area contributed by atoms with Crippen LogP contribution in [0, 0.1) is 5.92 Å². The number of fused-ring (bicyclic) bond motifs is 1. The Morgan fingerprint density at radius 3 is 2.79 bits per heavy atom. The van der Waals surface area contributed by atoms with Gasteiger partial charge in [-0.25, -0.2) is 0 Å². The van der Waals surface area contributed by atoms with E-state index in [4.69, 9.17) is 9.47 Å². The lowest BCUT2D eigenvalue weighted by Gasteiger charge is -2.50. The Kier molecular flexibility index (Phi) is 4.61. The molecule has 1 aromatic rings. The SMILES string of the molecule is Cn1cccc1C(=O)N1C[C@@H]2CCCO[C@@H]2[C@H](N2CCOCC2)C1. The van der Waals surface area contributed by atoms with Crippen molar-refractivity contribution in [3.05, 3.63) is 24.0 Å². The monoisotopic (exact) mass is 333 g/mol. The third kappa shape index (κ3) is 2.98. The number of carbonyl (C=O) groups is 1. The zero-order chi connectivity index (χ0) is 16.5. The highest BCUT2D eigenvalue weighted by Gasteiger charge is 2.43. The lowest BCUT2D eigenvalue weighted by atomic mass is 9.84. The summed E-state index contributed by atoms with van der Waals surface area (Å²) in [5.41, 5.74) is 0.769. The zero-order valence-corrected chi connectivity index (χ0v) is 14.4. The number of aromatic nitrogens is 1. The lowest BCUT2D eigenvalue weighted by molar-refractivity contribution is -0.121. The normalized spacial score (nSPS) is 31.7. The van der Waals surface area contributed by atoms with E-state index < -0.39 is 0 Å². The summed E-state index contributed by atoms with van der Waals surface area (Å²) in [6.45, 7) is 5.85. The first-order chi connectivity index (χ1) is 11.7. The Labute approximate surface area is 143 Å². The van der Waals surface area contributed by atoms with Gasteiger partial charge in [0.05, 0.1) is 25.4 Å². The molecule has 3 aliphatic heterocycles. The van der Waals surface area contributed by atoms with Crippen molar-refractivity contribution in [2.75, 3.05) is 46.0 Å². The fourth-order valence-corrected chi connectivity index (χ4v) is 4.42. The van der Waals surface area contributed by atoms with Crippen LogP contribution in [0.5, 0.6) is 0 Å². The fraction of sp³-hybridized carbons (Fsp3) is 0.722. The summed E-state index contributed by atoms with van der Waals surface area (Å²) < 4.78 is 13.6. The van der Waals surface area contributed by atoms with Crippen LogP contribution in [0.15, 0.2) is 18.3 Å². The molecule has 6 nitrogen and oxygen atoms in total. The topological polar surface area (TPSA) is 46.9 Å². The van der Waals surface area contributed by atoms with E-state index in [1.807, 2.05) is 34.8 Å². The van der Waals surface area contributed by atoms with Crippen molar-refractivity contribution in [2.24, 2.45) is 13.0 Å². The molecule has 4 heterocycles. The zero-order valence-electron chi connectivity index (χ0n) is 14.4. The number of aryl methyl sites for hydroxylation is 1. The summed E-state index contributed by atoms with van der Waals surface area (Å²) in [7, 11) is 1.93. The van der Waals surface area contributed by atoms with Crippen molar-refractivity contribution in [3.63, 3.8) is 0 Å². The minimum atomic E-state index is 0.143. The summed E-state index contributed by atoms with van der Waals surface area (Å²) in [6.07, 6.45) is 4.45. The summed E-state index contributed by atoms with van der Waals surface area (Å²) in [4.78, 5) is 17.5. The van der Waals surface area contributed by atoms with Crippen molar-refractivity contribution < 1.29 is 14.3 Å². The molecule has 0 bridgehead atoms. The fourth-order valence-electron chi connectivity index (χ4n) is 4.42. The van der Waals surface area contributed by atoms with Gasteiger partial charge in [-0.1, -0.05) is 0 Å². The van der Waals surface area contributed by atoms with E-state index in [0.29, 0.717) is 5.92 Å². The van der Waals surface area contributed by atoms with Gasteiger partial charge in [-0.2, -0.15) is 0 Å². The van der Waals surface area contributed by atoms with Gasteiger partial charge in [-0.05, 0) is 25.0 Å². The smallest absolute Gasteiger partial charge is 0.270 e. The second kappa shape index (κ2) is 6.86. The molecule has 3 fully saturated rings. The van der Waals surface area contributed by atoms with Crippen molar-refractivity contribution in [2.45, 2.75) is 25.0 Å². The summed E-state index contributed by atoms with van der Waals surface area (Å²) >= 11 is 0. The first-order valence-corrected chi connectivity index (χ1v) is 9.08. The number of hydrogen-bond donors (Lipinski definition) is 0. The molecule has 0 aromatic carbocycles. The first-order valence-electron chi connectivity index (χ1n) is 9.08. The molecular weight excluding hydrogens is 306 g/mol. The molecule has 0 unspecified atom stereocenters. The number of rotatable bonds is 2. The third-order valence-corrected chi connectivity index (χ3v) is 5.70. The van der Waals surface area contributed by atoms with Crippen LogP contribution in [0.4, 0.5) is 0 Å². The van der Waals surface area contributed by atoms with E-state index in [1.54, 1.807) is 0 Å². The molecule has 0 saturated carbocycles. The first kappa shape index (κ1) is 16.1.